The summed E-state index contributed by atoms with van der Waals surface area (Å²) in [5.41, 5.74) is 0.905. The first kappa shape index (κ1) is 14.8. The van der Waals surface area contributed by atoms with E-state index < -0.39 is 0 Å². The normalized spacial score (nSPS) is 17.1. The van der Waals surface area contributed by atoms with Crippen molar-refractivity contribution in [2.75, 3.05) is 19.6 Å². The maximum absolute atomic E-state index is 12.9. The average molecular weight is 269 g/mol. The van der Waals surface area contributed by atoms with Crippen molar-refractivity contribution in [3.8, 4) is 12.3 Å². The van der Waals surface area contributed by atoms with Gasteiger partial charge in [-0.05, 0) is 24.9 Å². The monoisotopic (exact) mass is 269 g/mol. The molecule has 1 aliphatic carbocycles. The van der Waals surface area contributed by atoms with Gasteiger partial charge in [0.2, 0.25) is 0 Å². The highest BCUT2D eigenvalue weighted by Crippen LogP contribution is 2.42. The lowest BCUT2D eigenvalue weighted by atomic mass is 9.75. The number of rotatable bonds is 6. The molecule has 1 aliphatic rings. The molecule has 0 aliphatic heterocycles. The quantitative estimate of drug-likeness (QED) is 0.740. The van der Waals surface area contributed by atoms with Crippen molar-refractivity contribution in [1.29, 1.82) is 0 Å². The number of carbonyl (C=O) groups excluding carboxylic acids is 1. The number of terminal acetylenes is 1. The van der Waals surface area contributed by atoms with E-state index in [1.54, 1.807) is 0 Å². The van der Waals surface area contributed by atoms with Crippen molar-refractivity contribution < 1.29 is 4.79 Å². The molecule has 0 unspecified atom stereocenters. The van der Waals surface area contributed by atoms with Crippen LogP contribution in [-0.4, -0.2) is 30.3 Å². The standard InChI is InChI=1S/C18H23NO/c1-3-14-19(4-2)15-17(20)18(12-8-9-13-18)16-10-6-5-7-11-16/h1,5-7,10-11H,4,8-9,12-15H2,2H3. The van der Waals surface area contributed by atoms with E-state index in [4.69, 9.17) is 6.42 Å². The Labute approximate surface area is 122 Å². The molecule has 0 N–H and O–H groups in total. The third-order valence-electron chi connectivity index (χ3n) is 4.45. The minimum absolute atomic E-state index is 0.275. The second-order valence-electron chi connectivity index (χ2n) is 5.59. The molecule has 2 heteroatoms. The fourth-order valence-corrected chi connectivity index (χ4v) is 3.23. The summed E-state index contributed by atoms with van der Waals surface area (Å²) in [7, 11) is 0. The molecule has 20 heavy (non-hydrogen) atoms. The molecule has 0 atom stereocenters. The molecule has 0 radical (unpaired) electrons. The Morgan fingerprint density at radius 3 is 2.50 bits per heavy atom. The number of hydrogen-bond donors (Lipinski definition) is 0. The van der Waals surface area contributed by atoms with Crippen LogP contribution in [0.1, 0.15) is 38.2 Å². The van der Waals surface area contributed by atoms with Crippen LogP contribution in [0.25, 0.3) is 0 Å². The van der Waals surface area contributed by atoms with Crippen LogP contribution in [0.2, 0.25) is 0 Å². The maximum Gasteiger partial charge on any atom is 0.157 e. The van der Waals surface area contributed by atoms with Crippen LogP contribution in [-0.2, 0) is 10.2 Å². The fraction of sp³-hybridized carbons (Fsp3) is 0.500. The predicted molar refractivity (Wildman–Crippen MR) is 82.5 cm³/mol. The van der Waals surface area contributed by atoms with Gasteiger partial charge >= 0.3 is 0 Å². The van der Waals surface area contributed by atoms with Crippen molar-refractivity contribution in [3.05, 3.63) is 35.9 Å². The molecular formula is C18H23NO. The van der Waals surface area contributed by atoms with Gasteiger partial charge in [-0.3, -0.25) is 9.69 Å². The van der Waals surface area contributed by atoms with E-state index in [1.165, 1.54) is 5.56 Å². The van der Waals surface area contributed by atoms with E-state index in [-0.39, 0.29) is 5.41 Å². The average Bonchev–Trinajstić information content (AvgIpc) is 2.98. The third kappa shape index (κ3) is 2.94. The summed E-state index contributed by atoms with van der Waals surface area (Å²) < 4.78 is 0. The van der Waals surface area contributed by atoms with Crippen molar-refractivity contribution in [2.45, 2.75) is 38.0 Å². The van der Waals surface area contributed by atoms with Crippen LogP contribution in [0.4, 0.5) is 0 Å². The van der Waals surface area contributed by atoms with E-state index in [1.807, 2.05) is 23.1 Å². The Balaban J connectivity index is 2.21. The van der Waals surface area contributed by atoms with Crippen molar-refractivity contribution in [1.82, 2.24) is 4.90 Å². The van der Waals surface area contributed by atoms with Crippen LogP contribution in [0.3, 0.4) is 0 Å². The third-order valence-corrected chi connectivity index (χ3v) is 4.45. The molecule has 106 valence electrons. The zero-order chi connectivity index (χ0) is 14.4. The van der Waals surface area contributed by atoms with E-state index in [0.717, 1.165) is 32.2 Å². The number of nitrogens with zero attached hydrogens (tertiary/aromatic N) is 1. The van der Waals surface area contributed by atoms with Crippen molar-refractivity contribution >= 4 is 5.78 Å². The molecule has 2 nitrogen and oxygen atoms in total. The van der Waals surface area contributed by atoms with Crippen LogP contribution in [0.5, 0.6) is 0 Å². The molecular weight excluding hydrogens is 246 g/mol. The highest BCUT2D eigenvalue weighted by Gasteiger charge is 2.42. The first-order chi connectivity index (χ1) is 9.73. The van der Waals surface area contributed by atoms with E-state index in [2.05, 4.69) is 25.0 Å². The minimum Gasteiger partial charge on any atom is -0.297 e. The van der Waals surface area contributed by atoms with E-state index in [9.17, 15) is 4.79 Å². The summed E-state index contributed by atoms with van der Waals surface area (Å²) in [5, 5.41) is 0. The lowest BCUT2D eigenvalue weighted by Gasteiger charge is -2.30. The zero-order valence-electron chi connectivity index (χ0n) is 12.3. The van der Waals surface area contributed by atoms with Crippen LogP contribution >= 0.6 is 0 Å². The molecule has 1 saturated carbocycles. The molecule has 0 heterocycles. The fourth-order valence-electron chi connectivity index (χ4n) is 3.23. The van der Waals surface area contributed by atoms with Crippen LogP contribution < -0.4 is 0 Å². The van der Waals surface area contributed by atoms with Crippen molar-refractivity contribution in [2.24, 2.45) is 0 Å². The predicted octanol–water partition coefficient (Wildman–Crippen LogP) is 3.02. The van der Waals surface area contributed by atoms with Gasteiger partial charge in [-0.25, -0.2) is 0 Å². The summed E-state index contributed by atoms with van der Waals surface area (Å²) in [6, 6.07) is 10.3. The molecule has 1 aromatic carbocycles. The topological polar surface area (TPSA) is 20.3 Å². The molecule has 2 rings (SSSR count). The van der Waals surface area contributed by atoms with Gasteiger partial charge in [-0.2, -0.15) is 0 Å². The second kappa shape index (κ2) is 6.72. The van der Waals surface area contributed by atoms with Gasteiger partial charge in [0.1, 0.15) is 0 Å². The smallest absolute Gasteiger partial charge is 0.157 e. The number of likely N-dealkylation sites (N-methyl/N-ethyl adjacent to an activating group) is 1. The number of Topliss-reactive ketones (excluding diaryl/α,β-unsaturated/α-hetero) is 1. The Morgan fingerprint density at radius 1 is 1.30 bits per heavy atom. The Bertz CT molecular complexity index is 480. The van der Waals surface area contributed by atoms with Crippen LogP contribution in [0.15, 0.2) is 30.3 Å². The Morgan fingerprint density at radius 2 is 1.95 bits per heavy atom. The summed E-state index contributed by atoms with van der Waals surface area (Å²) in [4.78, 5) is 14.9. The molecule has 0 bridgehead atoms. The molecule has 0 aromatic heterocycles. The summed E-state index contributed by atoms with van der Waals surface area (Å²) in [6.45, 7) is 3.89. The summed E-state index contributed by atoms with van der Waals surface area (Å²) >= 11 is 0. The summed E-state index contributed by atoms with van der Waals surface area (Å²) in [6.07, 6.45) is 9.61. The molecule has 1 aromatic rings. The maximum atomic E-state index is 12.9. The van der Waals surface area contributed by atoms with Crippen LogP contribution in [0, 0.1) is 12.3 Å². The lowest BCUT2D eigenvalue weighted by molar-refractivity contribution is -0.125. The Hall–Kier alpha value is -1.59. The van der Waals surface area contributed by atoms with Gasteiger partial charge in [0.15, 0.2) is 5.78 Å². The Kier molecular flexibility index (Phi) is 4.98. The van der Waals surface area contributed by atoms with E-state index >= 15 is 0 Å². The number of benzene rings is 1. The zero-order valence-corrected chi connectivity index (χ0v) is 12.3. The van der Waals surface area contributed by atoms with E-state index in [0.29, 0.717) is 18.9 Å². The second-order valence-corrected chi connectivity index (χ2v) is 5.59. The van der Waals surface area contributed by atoms with Gasteiger partial charge in [-0.1, -0.05) is 56.0 Å². The highest BCUT2D eigenvalue weighted by atomic mass is 16.1. The molecule has 0 amide bonds. The van der Waals surface area contributed by atoms with Gasteiger partial charge in [0.05, 0.1) is 18.5 Å². The molecule has 0 saturated heterocycles. The number of ketones is 1. The van der Waals surface area contributed by atoms with Gasteiger partial charge in [0.25, 0.3) is 0 Å². The largest absolute Gasteiger partial charge is 0.297 e. The highest BCUT2D eigenvalue weighted by molar-refractivity contribution is 5.92. The first-order valence-electron chi connectivity index (χ1n) is 7.47. The van der Waals surface area contributed by atoms with Gasteiger partial charge in [-0.15, -0.1) is 6.42 Å². The SMILES string of the molecule is C#CCN(CC)CC(=O)C1(c2ccccc2)CCCC1. The number of carbonyl (C=O) groups is 1. The number of hydrogen-bond acceptors (Lipinski definition) is 2. The van der Waals surface area contributed by atoms with Gasteiger partial charge in [0, 0.05) is 0 Å². The van der Waals surface area contributed by atoms with Crippen molar-refractivity contribution in [3.63, 3.8) is 0 Å². The molecule has 1 fully saturated rings. The summed E-state index contributed by atoms with van der Waals surface area (Å²) in [5.74, 6) is 2.97. The lowest BCUT2D eigenvalue weighted by Crippen LogP contribution is -2.41. The minimum atomic E-state index is -0.275. The molecule has 0 spiro atoms. The van der Waals surface area contributed by atoms with Gasteiger partial charge < -0.3 is 0 Å². The first-order valence-corrected chi connectivity index (χ1v) is 7.47.